The molecule has 0 spiro atoms. The summed E-state index contributed by atoms with van der Waals surface area (Å²) in [7, 11) is 0. The van der Waals surface area contributed by atoms with E-state index >= 15 is 0 Å². The maximum absolute atomic E-state index is 13.1. The number of rotatable bonds is 5. The first-order valence-electron chi connectivity index (χ1n) is 8.66. The fourth-order valence-corrected chi connectivity index (χ4v) is 2.46. The Labute approximate surface area is 163 Å². The average molecular weight is 420 g/mol. The molecule has 0 saturated carbocycles. The van der Waals surface area contributed by atoms with E-state index in [1.54, 1.807) is 0 Å². The lowest BCUT2D eigenvalue weighted by molar-refractivity contribution is -0.143. The zero-order valence-corrected chi connectivity index (χ0v) is 15.9. The van der Waals surface area contributed by atoms with Crippen molar-refractivity contribution in [3.05, 3.63) is 48.1 Å². The predicted molar refractivity (Wildman–Crippen MR) is 95.2 cm³/mol. The molecule has 0 saturated heterocycles. The highest BCUT2D eigenvalue weighted by Crippen LogP contribution is 2.36. The number of alkyl halides is 6. The zero-order chi connectivity index (χ0) is 22.0. The number of carbonyl (C=O) groups is 1. The first-order valence-corrected chi connectivity index (χ1v) is 8.66. The average Bonchev–Trinajstić information content (AvgIpc) is 3.00. The van der Waals surface area contributed by atoms with E-state index in [1.807, 2.05) is 27.2 Å². The molecule has 0 aliphatic rings. The Hall–Kier alpha value is -2.52. The molecule has 0 atom stereocenters. The summed E-state index contributed by atoms with van der Waals surface area (Å²) in [4.78, 5) is 11.9. The van der Waals surface area contributed by atoms with E-state index in [1.165, 1.54) is 12.1 Å². The number of amides is 1. The third-order valence-electron chi connectivity index (χ3n) is 3.81. The van der Waals surface area contributed by atoms with Gasteiger partial charge in [-0.2, -0.15) is 31.4 Å². The van der Waals surface area contributed by atoms with Crippen molar-refractivity contribution in [3.8, 4) is 5.69 Å². The van der Waals surface area contributed by atoms with Gasteiger partial charge in [-0.15, -0.1) is 0 Å². The minimum atomic E-state index is -5.02. The largest absolute Gasteiger partial charge is 0.435 e. The highest BCUT2D eigenvalue weighted by Gasteiger charge is 2.42. The summed E-state index contributed by atoms with van der Waals surface area (Å²) < 4.78 is 77.8. The molecular formula is C19H20F6N3O. The maximum atomic E-state index is 13.1. The van der Waals surface area contributed by atoms with Crippen LogP contribution in [0.1, 0.15) is 45.0 Å². The van der Waals surface area contributed by atoms with E-state index in [9.17, 15) is 31.1 Å². The fraction of sp³-hybridized carbons (Fsp3) is 0.421. The van der Waals surface area contributed by atoms with Crippen molar-refractivity contribution < 1.29 is 31.1 Å². The van der Waals surface area contributed by atoms with Gasteiger partial charge < -0.3 is 5.32 Å². The Morgan fingerprint density at radius 1 is 1.03 bits per heavy atom. The van der Waals surface area contributed by atoms with Crippen LogP contribution in [0.2, 0.25) is 0 Å². The lowest BCUT2D eigenvalue weighted by atomic mass is 9.90. The molecular weight excluding hydrogens is 400 g/mol. The number of halogens is 6. The second-order valence-corrected chi connectivity index (χ2v) is 7.53. The molecule has 159 valence electrons. The minimum absolute atomic E-state index is 0.0306. The number of hydrogen-bond acceptors (Lipinski definition) is 2. The quantitative estimate of drug-likeness (QED) is 0.614. The molecule has 4 nitrogen and oxygen atoms in total. The van der Waals surface area contributed by atoms with Gasteiger partial charge in [-0.05, 0) is 42.5 Å². The second kappa shape index (κ2) is 8.08. The van der Waals surface area contributed by atoms with E-state index in [4.69, 9.17) is 0 Å². The normalized spacial score (nSPS) is 12.9. The van der Waals surface area contributed by atoms with E-state index in [0.29, 0.717) is 12.1 Å². The van der Waals surface area contributed by atoms with Crippen LogP contribution in [0, 0.1) is 11.8 Å². The number of benzene rings is 1. The molecule has 1 amide bonds. The topological polar surface area (TPSA) is 46.9 Å². The summed E-state index contributed by atoms with van der Waals surface area (Å²) in [6.45, 7) is 5.99. The Morgan fingerprint density at radius 2 is 1.62 bits per heavy atom. The van der Waals surface area contributed by atoms with Gasteiger partial charge >= 0.3 is 12.4 Å². The number of hydrogen-bond donors (Lipinski definition) is 1. The molecule has 0 aliphatic carbocycles. The Kier molecular flexibility index (Phi) is 6.34. The van der Waals surface area contributed by atoms with Crippen molar-refractivity contribution in [1.29, 1.82) is 0 Å². The number of nitrogens with one attached hydrogen (secondary N) is 1. The summed E-state index contributed by atoms with van der Waals surface area (Å²) in [5.41, 5.74) is -3.12. The smallest absolute Gasteiger partial charge is 0.326 e. The van der Waals surface area contributed by atoms with Gasteiger partial charge in [0.05, 0.1) is 5.69 Å². The van der Waals surface area contributed by atoms with Gasteiger partial charge in [0.1, 0.15) is 5.69 Å². The van der Waals surface area contributed by atoms with E-state index in [2.05, 4.69) is 10.4 Å². The van der Waals surface area contributed by atoms with E-state index in [0.717, 1.165) is 12.1 Å². The predicted octanol–water partition coefficient (Wildman–Crippen LogP) is 5.88. The summed E-state index contributed by atoms with van der Waals surface area (Å²) in [5, 5.41) is 5.64. The lowest BCUT2D eigenvalue weighted by Crippen LogP contribution is -2.14. The van der Waals surface area contributed by atoms with Crippen LogP contribution in [0.15, 0.2) is 30.3 Å². The van der Waals surface area contributed by atoms with Crippen LogP contribution in [0.3, 0.4) is 0 Å². The summed E-state index contributed by atoms with van der Waals surface area (Å²) in [6, 6.07) is 4.87. The van der Waals surface area contributed by atoms with Crippen LogP contribution < -0.4 is 5.32 Å². The highest BCUT2D eigenvalue weighted by molar-refractivity contribution is 5.90. The highest BCUT2D eigenvalue weighted by atomic mass is 19.4. The second-order valence-electron chi connectivity index (χ2n) is 7.53. The van der Waals surface area contributed by atoms with E-state index < -0.39 is 23.7 Å². The molecule has 1 N–H and O–H groups in total. The van der Waals surface area contributed by atoms with Crippen LogP contribution in [-0.2, 0) is 17.1 Å². The summed E-state index contributed by atoms with van der Waals surface area (Å²) in [6.07, 6.45) is -7.26. The van der Waals surface area contributed by atoms with Crippen molar-refractivity contribution in [1.82, 2.24) is 9.78 Å². The van der Waals surface area contributed by atoms with Crippen molar-refractivity contribution >= 4 is 11.6 Å². The van der Waals surface area contributed by atoms with Gasteiger partial charge in [0.25, 0.3) is 0 Å². The first kappa shape index (κ1) is 22.8. The Morgan fingerprint density at radius 3 is 2.10 bits per heavy atom. The lowest BCUT2D eigenvalue weighted by Gasteiger charge is -2.16. The molecule has 1 heterocycles. The number of nitrogens with zero attached hydrogens (tertiary/aromatic N) is 2. The molecule has 0 unspecified atom stereocenters. The van der Waals surface area contributed by atoms with Crippen molar-refractivity contribution in [3.63, 3.8) is 0 Å². The van der Waals surface area contributed by atoms with Gasteiger partial charge in [-0.3, -0.25) is 4.79 Å². The SMILES string of the molecule is CC(C)(C)[CH]CCC(=O)Nc1ccc(-n2nc(C(F)(F)F)cc2C(F)(F)F)cc1. The van der Waals surface area contributed by atoms with E-state index in [-0.39, 0.29) is 34.2 Å². The third-order valence-corrected chi connectivity index (χ3v) is 3.81. The van der Waals surface area contributed by atoms with Gasteiger partial charge in [-0.25, -0.2) is 4.68 Å². The first-order chi connectivity index (χ1) is 13.2. The van der Waals surface area contributed by atoms with Gasteiger partial charge in [0.2, 0.25) is 5.91 Å². The fourth-order valence-electron chi connectivity index (χ4n) is 2.46. The van der Waals surface area contributed by atoms with Gasteiger partial charge in [0.15, 0.2) is 5.69 Å². The molecule has 2 aromatic rings. The summed E-state index contributed by atoms with van der Waals surface area (Å²) in [5.74, 6) is -0.285. The van der Waals surface area contributed by atoms with Crippen LogP contribution in [0.25, 0.3) is 5.69 Å². The molecule has 10 heteroatoms. The van der Waals surface area contributed by atoms with Crippen molar-refractivity contribution in [2.24, 2.45) is 5.41 Å². The van der Waals surface area contributed by atoms with Gasteiger partial charge in [-0.1, -0.05) is 20.8 Å². The Balaban J connectivity index is 2.16. The van der Waals surface area contributed by atoms with Crippen molar-refractivity contribution in [2.75, 3.05) is 5.32 Å². The van der Waals surface area contributed by atoms with Crippen LogP contribution in [-0.4, -0.2) is 15.7 Å². The monoisotopic (exact) mass is 420 g/mol. The molecule has 1 aromatic heterocycles. The van der Waals surface area contributed by atoms with Crippen LogP contribution in [0.4, 0.5) is 32.0 Å². The Bertz CT molecular complexity index is 845. The molecule has 2 rings (SSSR count). The molecule has 0 aliphatic heterocycles. The third kappa shape index (κ3) is 6.50. The molecule has 0 bridgehead atoms. The maximum Gasteiger partial charge on any atom is 0.435 e. The standard InChI is InChI=1S/C19H20F6N3O/c1-17(2,3)10-4-5-16(29)26-12-6-8-13(9-7-12)28-15(19(23,24)25)11-14(27-28)18(20,21)22/h6-11H,4-5H2,1-3H3,(H,26,29). The molecule has 29 heavy (non-hydrogen) atoms. The number of aromatic nitrogens is 2. The molecule has 1 aromatic carbocycles. The molecule has 1 radical (unpaired) electrons. The minimum Gasteiger partial charge on any atom is -0.326 e. The number of carbonyl (C=O) groups excluding carboxylic acids is 1. The van der Waals surface area contributed by atoms with Crippen molar-refractivity contribution in [2.45, 2.75) is 46.0 Å². The van der Waals surface area contributed by atoms with Crippen LogP contribution in [0.5, 0.6) is 0 Å². The number of anilines is 1. The molecule has 0 fully saturated rings. The summed E-state index contributed by atoms with van der Waals surface area (Å²) >= 11 is 0. The zero-order valence-electron chi connectivity index (χ0n) is 15.9. The van der Waals surface area contributed by atoms with Crippen LogP contribution >= 0.6 is 0 Å². The van der Waals surface area contributed by atoms with Gasteiger partial charge in [0, 0.05) is 18.2 Å².